The van der Waals surface area contributed by atoms with Crippen LogP contribution in [0.1, 0.15) is 95.4 Å². The maximum absolute atomic E-state index is 4.02. The van der Waals surface area contributed by atoms with Gasteiger partial charge in [0.15, 0.2) is 0 Å². The molecule has 7 aromatic carbocycles. The maximum Gasteiger partial charge on any atom is 0.0644 e. The quantitative estimate of drug-likeness (QED) is 0.0691. The molecular weight excluding hydrogens is 795 g/mol. The van der Waals surface area contributed by atoms with E-state index < -0.39 is 5.41 Å². The highest BCUT2D eigenvalue weighted by molar-refractivity contribution is 5.88. The summed E-state index contributed by atoms with van der Waals surface area (Å²) in [4.78, 5) is 2.48. The summed E-state index contributed by atoms with van der Waals surface area (Å²) in [6.07, 6.45) is 24.9. The van der Waals surface area contributed by atoms with Gasteiger partial charge in [0.1, 0.15) is 0 Å². The van der Waals surface area contributed by atoms with E-state index in [1.54, 1.807) is 0 Å². The number of fused-ring (bicyclic) bond motifs is 6. The fourth-order valence-electron chi connectivity index (χ4n) is 11.0. The van der Waals surface area contributed by atoms with Gasteiger partial charge < -0.3 is 4.90 Å². The Balaban J connectivity index is 1.06. The lowest BCUT2D eigenvalue weighted by atomic mass is 9.72. The highest BCUT2D eigenvalue weighted by atomic mass is 15.1. The number of rotatable bonds is 16. The van der Waals surface area contributed by atoms with Gasteiger partial charge in [-0.2, -0.15) is 0 Å². The highest BCUT2D eigenvalue weighted by Crippen LogP contribution is 2.55. The summed E-state index contributed by atoms with van der Waals surface area (Å²) in [6.45, 7) is 14.4. The summed E-state index contributed by atoms with van der Waals surface area (Å²) >= 11 is 0. The maximum atomic E-state index is 4.02. The van der Waals surface area contributed by atoms with Crippen molar-refractivity contribution >= 4 is 11.4 Å². The molecule has 0 aliphatic heterocycles. The normalized spacial score (nSPS) is 17.7. The van der Waals surface area contributed by atoms with Crippen LogP contribution in [-0.2, 0) is 18.3 Å². The molecule has 0 spiro atoms. The Morgan fingerprint density at radius 2 is 1.23 bits per heavy atom. The number of nitrogens with zero attached hydrogens (tertiary/aromatic N) is 1. The van der Waals surface area contributed by atoms with Crippen molar-refractivity contribution < 1.29 is 0 Å². The van der Waals surface area contributed by atoms with Crippen LogP contribution in [0.25, 0.3) is 33.4 Å². The van der Waals surface area contributed by atoms with Crippen LogP contribution in [-0.4, -0.2) is 0 Å². The number of anilines is 2. The molecule has 0 saturated heterocycles. The van der Waals surface area contributed by atoms with Crippen molar-refractivity contribution in [3.05, 3.63) is 276 Å². The summed E-state index contributed by atoms with van der Waals surface area (Å²) in [6, 6.07) is 59.6. The number of unbranched alkanes of at least 4 members (excludes halogenated alkanes) is 1. The predicted molar refractivity (Wildman–Crippen MR) is 282 cm³/mol. The Morgan fingerprint density at radius 1 is 0.561 bits per heavy atom. The minimum Gasteiger partial charge on any atom is -0.311 e. The molecule has 1 nitrogen and oxygen atoms in total. The molecule has 0 saturated carbocycles. The molecule has 3 unspecified atom stereocenters. The van der Waals surface area contributed by atoms with Crippen molar-refractivity contribution in [3.63, 3.8) is 0 Å². The van der Waals surface area contributed by atoms with Gasteiger partial charge in [0.25, 0.3) is 0 Å². The molecule has 0 bridgehead atoms. The first-order valence-electron chi connectivity index (χ1n) is 24.0. The van der Waals surface area contributed by atoms with Crippen LogP contribution in [0.3, 0.4) is 0 Å². The molecule has 1 heteroatoms. The Labute approximate surface area is 393 Å². The monoisotopic (exact) mass is 853 g/mol. The van der Waals surface area contributed by atoms with Crippen LogP contribution in [0.2, 0.25) is 0 Å². The van der Waals surface area contributed by atoms with Gasteiger partial charge in [0, 0.05) is 28.9 Å². The summed E-state index contributed by atoms with van der Waals surface area (Å²) in [5.74, 6) is 0.669. The Kier molecular flexibility index (Phi) is 12.1. The van der Waals surface area contributed by atoms with Gasteiger partial charge in [0.2, 0.25) is 0 Å². The third-order valence-electron chi connectivity index (χ3n) is 14.4. The van der Waals surface area contributed by atoms with Gasteiger partial charge >= 0.3 is 0 Å². The first kappa shape index (κ1) is 42.7. The molecule has 0 radical (unpaired) electrons. The summed E-state index contributed by atoms with van der Waals surface area (Å²) in [5.41, 5.74) is 21.7. The number of hydrogen-bond donors (Lipinski definition) is 0. The van der Waals surface area contributed by atoms with E-state index in [4.69, 9.17) is 0 Å². The van der Waals surface area contributed by atoms with Crippen LogP contribution in [0.15, 0.2) is 232 Å². The Bertz CT molecular complexity index is 3030. The van der Waals surface area contributed by atoms with Crippen molar-refractivity contribution in [1.29, 1.82) is 0 Å². The van der Waals surface area contributed by atoms with Gasteiger partial charge in [-0.3, -0.25) is 0 Å². The van der Waals surface area contributed by atoms with Crippen LogP contribution < -0.4 is 4.90 Å². The zero-order valence-corrected chi connectivity index (χ0v) is 38.3. The predicted octanol–water partition coefficient (Wildman–Crippen LogP) is 17.3. The standard InChI is InChI=1S/C65H59N/c1-5-8-11-19-42-65(53-22-13-12-14-23-53)63-27-18-17-26-60(63)61-41-39-56(45-64(61)65)66(54-35-30-48(31-36-54)51-29-28-47(20-9-6-2)50(43-51)21-10-7-3)55-37-32-49(33-38-55)52-34-40-59-58-25-16-15-24-57(58)46(4)62(59)44-52/h5-7,12-19,22-30,32-46,48H,1-3,8-11,20-21,31H2,4H3/b42-19+. The van der Waals surface area contributed by atoms with E-state index in [2.05, 4.69) is 220 Å². The first-order chi connectivity index (χ1) is 32.5. The minimum atomic E-state index is -0.451. The van der Waals surface area contributed by atoms with Crippen molar-refractivity contribution in [2.45, 2.75) is 69.1 Å². The van der Waals surface area contributed by atoms with E-state index in [0.29, 0.717) is 11.8 Å². The van der Waals surface area contributed by atoms with Crippen molar-refractivity contribution in [2.75, 3.05) is 4.90 Å². The fourth-order valence-corrected chi connectivity index (χ4v) is 11.0. The highest BCUT2D eigenvalue weighted by Gasteiger charge is 2.43. The van der Waals surface area contributed by atoms with E-state index in [9.17, 15) is 0 Å². The van der Waals surface area contributed by atoms with Crippen molar-refractivity contribution in [1.82, 2.24) is 0 Å². The summed E-state index contributed by atoms with van der Waals surface area (Å²) < 4.78 is 0. The Hall–Kier alpha value is -7.22. The molecule has 10 rings (SSSR count). The van der Waals surface area contributed by atoms with Gasteiger partial charge in [-0.25, -0.2) is 0 Å². The third kappa shape index (κ3) is 7.77. The van der Waals surface area contributed by atoms with E-state index in [1.807, 2.05) is 18.2 Å². The van der Waals surface area contributed by atoms with E-state index in [0.717, 1.165) is 56.3 Å². The fraction of sp³-hybridized carbons (Fsp3) is 0.169. The zero-order chi connectivity index (χ0) is 45.0. The van der Waals surface area contributed by atoms with Gasteiger partial charge in [-0.15, -0.1) is 19.7 Å². The summed E-state index contributed by atoms with van der Waals surface area (Å²) in [7, 11) is 0. The summed E-state index contributed by atoms with van der Waals surface area (Å²) in [5, 5.41) is 0. The number of hydrogen-bond acceptors (Lipinski definition) is 1. The molecule has 0 N–H and O–H groups in total. The van der Waals surface area contributed by atoms with Crippen LogP contribution >= 0.6 is 0 Å². The molecular formula is C65H59N. The second kappa shape index (κ2) is 18.7. The molecule has 3 aliphatic carbocycles. The van der Waals surface area contributed by atoms with E-state index in [1.165, 1.54) is 83.6 Å². The molecule has 0 aromatic heterocycles. The van der Waals surface area contributed by atoms with Gasteiger partial charge in [-0.05, 0) is 159 Å². The Morgan fingerprint density at radius 3 is 2.00 bits per heavy atom. The van der Waals surface area contributed by atoms with E-state index >= 15 is 0 Å². The number of benzene rings is 7. The second-order valence-corrected chi connectivity index (χ2v) is 18.2. The lowest BCUT2D eigenvalue weighted by Crippen LogP contribution is -2.25. The molecule has 324 valence electrons. The SMILES string of the molecule is C=CCC/C=C/C1(c2ccccc2)c2ccccc2-c2ccc(N(C3=CCC(c4ccc(CCC=C)c(CCC=C)c4)C=C3)c3ccc(-c4ccc5c(c4)C(C)c4ccccc4-5)cc3)cc21. The smallest absolute Gasteiger partial charge is 0.0644 e. The number of allylic oxidation sites excluding steroid dienone is 8. The first-order valence-corrected chi connectivity index (χ1v) is 24.0. The molecule has 66 heavy (non-hydrogen) atoms. The van der Waals surface area contributed by atoms with Crippen molar-refractivity contribution in [2.24, 2.45) is 0 Å². The van der Waals surface area contributed by atoms with Gasteiger partial charge in [-0.1, -0.05) is 177 Å². The molecule has 0 fully saturated rings. The number of aryl methyl sites for hydroxylation is 2. The molecule has 0 heterocycles. The molecule has 3 aliphatic rings. The molecule has 7 aromatic rings. The second-order valence-electron chi connectivity index (χ2n) is 18.2. The topological polar surface area (TPSA) is 3.24 Å². The lowest BCUT2D eigenvalue weighted by molar-refractivity contribution is 0.796. The van der Waals surface area contributed by atoms with Gasteiger partial charge in [0.05, 0.1) is 5.41 Å². The largest absolute Gasteiger partial charge is 0.311 e. The average Bonchev–Trinajstić information content (AvgIpc) is 3.82. The van der Waals surface area contributed by atoms with Crippen LogP contribution in [0.5, 0.6) is 0 Å². The zero-order valence-electron chi connectivity index (χ0n) is 38.3. The van der Waals surface area contributed by atoms with Crippen LogP contribution in [0.4, 0.5) is 11.4 Å². The third-order valence-corrected chi connectivity index (χ3v) is 14.4. The average molecular weight is 854 g/mol. The van der Waals surface area contributed by atoms with Crippen LogP contribution in [0, 0.1) is 0 Å². The minimum absolute atomic E-state index is 0.295. The molecule has 0 amide bonds. The molecule has 3 atom stereocenters. The van der Waals surface area contributed by atoms with Crippen molar-refractivity contribution in [3.8, 4) is 33.4 Å². The lowest BCUT2D eigenvalue weighted by Gasteiger charge is -2.33. The van der Waals surface area contributed by atoms with E-state index in [-0.39, 0.29) is 0 Å².